The van der Waals surface area contributed by atoms with E-state index in [4.69, 9.17) is 24.7 Å². The van der Waals surface area contributed by atoms with E-state index in [1.54, 1.807) is 31.4 Å². The van der Waals surface area contributed by atoms with Crippen LogP contribution in [0.5, 0.6) is 11.6 Å². The summed E-state index contributed by atoms with van der Waals surface area (Å²) in [7, 11) is 2.95. The van der Waals surface area contributed by atoms with E-state index in [1.165, 1.54) is 7.11 Å². The Kier molecular flexibility index (Phi) is 9.57. The quantitative estimate of drug-likeness (QED) is 0.805. The van der Waals surface area contributed by atoms with Crippen molar-refractivity contribution >= 4 is 5.82 Å². The number of pyridine rings is 1. The molecule has 160 valence electrons. The van der Waals surface area contributed by atoms with Gasteiger partial charge in [-0.25, -0.2) is 0 Å². The number of nitrogens with zero attached hydrogens (tertiary/aromatic N) is 3. The number of hydrogen-bond donors (Lipinski definition) is 1. The van der Waals surface area contributed by atoms with Crippen LogP contribution in [0.3, 0.4) is 0 Å². The Labute approximate surface area is 177 Å². The molecule has 2 aromatic rings. The van der Waals surface area contributed by atoms with Gasteiger partial charge in [-0.05, 0) is 31.5 Å². The van der Waals surface area contributed by atoms with Gasteiger partial charge in [0.05, 0.1) is 27.4 Å². The zero-order valence-electron chi connectivity index (χ0n) is 18.3. The van der Waals surface area contributed by atoms with Crippen molar-refractivity contribution in [2.75, 3.05) is 33.2 Å². The fourth-order valence-electron chi connectivity index (χ4n) is 2.61. The van der Waals surface area contributed by atoms with E-state index < -0.39 is 0 Å². The highest BCUT2D eigenvalue weighted by Gasteiger charge is 2.23. The molecule has 1 aromatic carbocycles. The molecule has 2 N–H and O–H groups in total. The number of ether oxygens (including phenoxy) is 4. The molecule has 0 atom stereocenters. The Hall–Kier alpha value is -3.33. The van der Waals surface area contributed by atoms with Gasteiger partial charge in [-0.2, -0.15) is 15.5 Å². The number of hydrogen-bond acceptors (Lipinski definition) is 8. The molecular formula is C22H28N4O4. The van der Waals surface area contributed by atoms with Gasteiger partial charge < -0.3 is 24.7 Å². The average molecular weight is 412 g/mol. The smallest absolute Gasteiger partial charge is 0.234 e. The second-order valence-electron chi connectivity index (χ2n) is 6.18. The first-order valence-electron chi connectivity index (χ1n) is 9.46. The molecule has 0 spiro atoms. The molecule has 1 aromatic heterocycles. The molecule has 0 aliphatic carbocycles. The van der Waals surface area contributed by atoms with Gasteiger partial charge in [-0.15, -0.1) is 0 Å². The lowest BCUT2D eigenvalue weighted by molar-refractivity contribution is -0.125. The van der Waals surface area contributed by atoms with Crippen LogP contribution in [0.4, 0.5) is 5.82 Å². The molecular weight excluding hydrogens is 384 g/mol. The van der Waals surface area contributed by atoms with Gasteiger partial charge in [-0.1, -0.05) is 26.0 Å². The van der Waals surface area contributed by atoms with Crippen LogP contribution in [-0.2, 0) is 9.47 Å². The summed E-state index contributed by atoms with van der Waals surface area (Å²) in [6.07, 6.45) is 0. The first-order valence-corrected chi connectivity index (χ1v) is 9.46. The minimum atomic E-state index is -0.306. The summed E-state index contributed by atoms with van der Waals surface area (Å²) in [5.41, 5.74) is 7.18. The summed E-state index contributed by atoms with van der Waals surface area (Å²) in [6.45, 7) is 9.32. The standard InChI is InChI=1S/C15H12N4O2.C5H10O2.C2H6/c1-20-10-5-3-9(4-6-10)13-11(7-16)14(18)19-15(21-2)12(13)8-17;1-5(2)6-3-4-7-5;1-2/h3-6H,1-2H3,(H2,18,19);3-4H2,1-2H3;1-2H3. The normalized spacial score (nSPS) is 13.5. The Morgan fingerprint density at radius 3 is 1.87 bits per heavy atom. The van der Waals surface area contributed by atoms with E-state index in [0.717, 1.165) is 13.2 Å². The summed E-state index contributed by atoms with van der Waals surface area (Å²) in [6, 6.07) is 11.0. The third-order valence-electron chi connectivity index (χ3n) is 3.97. The van der Waals surface area contributed by atoms with Crippen molar-refractivity contribution < 1.29 is 18.9 Å². The monoisotopic (exact) mass is 412 g/mol. The van der Waals surface area contributed by atoms with Gasteiger partial charge in [0.2, 0.25) is 5.88 Å². The van der Waals surface area contributed by atoms with E-state index in [1.807, 2.05) is 39.8 Å². The molecule has 0 saturated carbocycles. The van der Waals surface area contributed by atoms with Crippen LogP contribution in [0.1, 0.15) is 38.8 Å². The number of aromatic nitrogens is 1. The van der Waals surface area contributed by atoms with Crippen molar-refractivity contribution in [1.82, 2.24) is 4.98 Å². The molecule has 8 heteroatoms. The van der Waals surface area contributed by atoms with Crippen molar-refractivity contribution in [1.29, 1.82) is 10.5 Å². The minimum absolute atomic E-state index is 0.0270. The van der Waals surface area contributed by atoms with E-state index in [9.17, 15) is 10.5 Å². The van der Waals surface area contributed by atoms with Gasteiger partial charge in [0, 0.05) is 5.56 Å². The maximum Gasteiger partial charge on any atom is 0.234 e. The largest absolute Gasteiger partial charge is 0.497 e. The topological polar surface area (TPSA) is 123 Å². The van der Waals surface area contributed by atoms with Crippen LogP contribution in [0.25, 0.3) is 11.1 Å². The number of nitrogens with two attached hydrogens (primary N) is 1. The summed E-state index contributed by atoms with van der Waals surface area (Å²) in [5.74, 6) is 0.490. The number of anilines is 1. The maximum atomic E-state index is 9.36. The van der Waals surface area contributed by atoms with Crippen LogP contribution < -0.4 is 15.2 Å². The van der Waals surface area contributed by atoms with Crippen LogP contribution in [0.2, 0.25) is 0 Å². The molecule has 1 aliphatic heterocycles. The first-order chi connectivity index (χ1) is 14.4. The van der Waals surface area contributed by atoms with Crippen LogP contribution in [-0.4, -0.2) is 38.2 Å². The number of nitriles is 2. The van der Waals surface area contributed by atoms with Crippen molar-refractivity contribution in [2.45, 2.75) is 33.5 Å². The van der Waals surface area contributed by atoms with Crippen LogP contribution in [0.15, 0.2) is 24.3 Å². The van der Waals surface area contributed by atoms with Gasteiger partial charge in [0.1, 0.15) is 34.8 Å². The molecule has 0 bridgehead atoms. The summed E-state index contributed by atoms with van der Waals surface area (Å²) < 4.78 is 20.4. The number of rotatable bonds is 3. The number of methoxy groups -OCH3 is 2. The highest BCUT2D eigenvalue weighted by Crippen LogP contribution is 2.35. The molecule has 0 amide bonds. The average Bonchev–Trinajstić information content (AvgIpc) is 3.18. The molecule has 1 saturated heterocycles. The van der Waals surface area contributed by atoms with Gasteiger partial charge in [-0.3, -0.25) is 0 Å². The predicted octanol–water partition coefficient (Wildman–Crippen LogP) is 3.89. The van der Waals surface area contributed by atoms with Crippen molar-refractivity contribution in [2.24, 2.45) is 0 Å². The summed E-state index contributed by atoms with van der Waals surface area (Å²) in [4.78, 5) is 3.94. The molecule has 0 unspecified atom stereocenters. The van der Waals surface area contributed by atoms with Crippen LogP contribution in [0, 0.1) is 22.7 Å². The minimum Gasteiger partial charge on any atom is -0.497 e. The van der Waals surface area contributed by atoms with E-state index >= 15 is 0 Å². The highest BCUT2D eigenvalue weighted by atomic mass is 16.7. The zero-order chi connectivity index (χ0) is 22.7. The SMILES string of the molecule is CC.CC1(C)OCCO1.COc1ccc(-c2c(C#N)c(N)nc(OC)c2C#N)cc1. The number of benzene rings is 1. The Bertz CT molecular complexity index is 905. The molecule has 30 heavy (non-hydrogen) atoms. The second-order valence-corrected chi connectivity index (χ2v) is 6.18. The van der Waals surface area contributed by atoms with Crippen molar-refractivity contribution in [3.8, 4) is 34.9 Å². The van der Waals surface area contributed by atoms with Gasteiger partial charge in [0.25, 0.3) is 0 Å². The first kappa shape index (κ1) is 24.7. The van der Waals surface area contributed by atoms with Crippen molar-refractivity contribution in [3.63, 3.8) is 0 Å². The Morgan fingerprint density at radius 1 is 0.967 bits per heavy atom. The lowest BCUT2D eigenvalue weighted by Crippen LogP contribution is -2.18. The molecule has 3 rings (SSSR count). The predicted molar refractivity (Wildman–Crippen MR) is 114 cm³/mol. The number of nitrogen functional groups attached to an aromatic ring is 1. The molecule has 0 radical (unpaired) electrons. The molecule has 2 heterocycles. The van der Waals surface area contributed by atoms with E-state index in [0.29, 0.717) is 16.9 Å². The third kappa shape index (κ3) is 6.08. The fourth-order valence-corrected chi connectivity index (χ4v) is 2.61. The molecule has 8 nitrogen and oxygen atoms in total. The fraction of sp³-hybridized carbons (Fsp3) is 0.409. The van der Waals surface area contributed by atoms with Crippen LogP contribution >= 0.6 is 0 Å². The Morgan fingerprint density at radius 2 is 1.50 bits per heavy atom. The molecule has 1 aliphatic rings. The lowest BCUT2D eigenvalue weighted by atomic mass is 9.96. The molecule has 1 fully saturated rings. The summed E-state index contributed by atoms with van der Waals surface area (Å²) in [5, 5.41) is 18.7. The van der Waals surface area contributed by atoms with Crippen molar-refractivity contribution in [3.05, 3.63) is 35.4 Å². The maximum absolute atomic E-state index is 9.36. The third-order valence-corrected chi connectivity index (χ3v) is 3.97. The van der Waals surface area contributed by atoms with Gasteiger partial charge in [0.15, 0.2) is 5.79 Å². The Balaban J connectivity index is 0.000000418. The summed E-state index contributed by atoms with van der Waals surface area (Å²) >= 11 is 0. The van der Waals surface area contributed by atoms with E-state index in [2.05, 4.69) is 4.98 Å². The lowest BCUT2D eigenvalue weighted by Gasteiger charge is -2.13. The van der Waals surface area contributed by atoms with E-state index in [-0.39, 0.29) is 28.6 Å². The van der Waals surface area contributed by atoms with Gasteiger partial charge >= 0.3 is 0 Å². The zero-order valence-corrected chi connectivity index (χ0v) is 18.3. The second kappa shape index (κ2) is 11.6. The highest BCUT2D eigenvalue weighted by molar-refractivity contribution is 5.82.